The largest absolute Gasteiger partial charge is 0.495 e. The van der Waals surface area contributed by atoms with Crippen molar-refractivity contribution in [2.75, 3.05) is 7.11 Å². The lowest BCUT2D eigenvalue weighted by Gasteiger charge is -2.20. The van der Waals surface area contributed by atoms with Crippen LogP contribution in [0.1, 0.15) is 21.5 Å². The van der Waals surface area contributed by atoms with E-state index in [9.17, 15) is 4.79 Å². The van der Waals surface area contributed by atoms with Crippen molar-refractivity contribution in [1.29, 1.82) is 0 Å². The van der Waals surface area contributed by atoms with E-state index in [1.165, 1.54) is 0 Å². The summed E-state index contributed by atoms with van der Waals surface area (Å²) in [6.07, 6.45) is 0. The van der Waals surface area contributed by atoms with E-state index in [4.69, 9.17) is 9.47 Å². The Morgan fingerprint density at radius 2 is 1.52 bits per heavy atom. The van der Waals surface area contributed by atoms with Crippen LogP contribution < -0.4 is 15.2 Å². The van der Waals surface area contributed by atoms with Crippen molar-refractivity contribution in [3.8, 4) is 11.5 Å². The third kappa shape index (κ3) is 2.41. The minimum atomic E-state index is -0.0807. The van der Waals surface area contributed by atoms with Crippen molar-refractivity contribution >= 4 is 18.1 Å². The Hall–Kier alpha value is -3.33. The van der Waals surface area contributed by atoms with Crippen LogP contribution in [0, 0.1) is 0 Å². The molecule has 3 aromatic carbocycles. The second kappa shape index (κ2) is 5.95. The fraction of sp³-hybridized carbons (Fsp3) is 0.0455. The molecule has 4 rings (SSSR count). The van der Waals surface area contributed by atoms with Gasteiger partial charge in [-0.3, -0.25) is 4.79 Å². The molecule has 0 aliphatic heterocycles. The number of rotatable bonds is 3. The molecule has 0 amide bonds. The summed E-state index contributed by atoms with van der Waals surface area (Å²) in [6, 6.07) is 20.5. The molecule has 3 nitrogen and oxygen atoms in total. The number of ether oxygens (including phenoxy) is 2. The minimum absolute atomic E-state index is 0.0807. The second-order valence-corrected chi connectivity index (χ2v) is 5.80. The number of benzene rings is 3. The van der Waals surface area contributed by atoms with E-state index in [0.717, 1.165) is 10.8 Å². The lowest BCUT2D eigenvalue weighted by molar-refractivity contribution is 0.103. The summed E-state index contributed by atoms with van der Waals surface area (Å²) in [7, 11) is 1.61. The van der Waals surface area contributed by atoms with Gasteiger partial charge in [-0.05, 0) is 23.4 Å². The first kappa shape index (κ1) is 15.2. The first-order chi connectivity index (χ1) is 12.2. The van der Waals surface area contributed by atoms with E-state index < -0.39 is 0 Å². The van der Waals surface area contributed by atoms with E-state index >= 15 is 0 Å². The maximum Gasteiger partial charge on any atom is 0.198 e. The lowest BCUT2D eigenvalue weighted by atomic mass is 9.88. The van der Waals surface area contributed by atoms with Gasteiger partial charge in [-0.25, -0.2) is 0 Å². The molecule has 0 radical (unpaired) electrons. The standard InChI is InChI=1S/C22H16O3/c1-14-12-13-18(25-15-8-4-3-5-9-15)20-19(14)22(24-2)17-11-7-6-10-16(17)21(20)23/h3-13H,1H2,2H3. The molecule has 1 aliphatic rings. The predicted molar refractivity (Wildman–Crippen MR) is 97.1 cm³/mol. The molecule has 0 saturated carbocycles. The highest BCUT2D eigenvalue weighted by molar-refractivity contribution is 6.15. The molecule has 0 saturated heterocycles. The monoisotopic (exact) mass is 328 g/mol. The van der Waals surface area contributed by atoms with Gasteiger partial charge in [0.2, 0.25) is 0 Å². The average Bonchev–Trinajstić information content (AvgIpc) is 2.65. The van der Waals surface area contributed by atoms with Crippen LogP contribution >= 0.6 is 0 Å². The molecule has 3 heteroatoms. The van der Waals surface area contributed by atoms with Crippen molar-refractivity contribution < 1.29 is 14.3 Å². The topological polar surface area (TPSA) is 35.5 Å². The van der Waals surface area contributed by atoms with E-state index in [2.05, 4.69) is 6.58 Å². The summed E-state index contributed by atoms with van der Waals surface area (Å²) in [5.41, 5.74) is 1.88. The number of carbonyl (C=O) groups excluding carboxylic acids is 1. The van der Waals surface area contributed by atoms with Crippen molar-refractivity contribution in [2.24, 2.45) is 0 Å². The van der Waals surface area contributed by atoms with E-state index in [1.54, 1.807) is 13.2 Å². The highest BCUT2D eigenvalue weighted by atomic mass is 16.5. The molecule has 0 N–H and O–H groups in total. The molecule has 0 bridgehead atoms. The average molecular weight is 328 g/mol. The Morgan fingerprint density at radius 3 is 2.24 bits per heavy atom. The van der Waals surface area contributed by atoms with Crippen molar-refractivity contribution in [3.63, 3.8) is 0 Å². The van der Waals surface area contributed by atoms with Crippen LogP contribution in [0.5, 0.6) is 11.5 Å². The van der Waals surface area contributed by atoms with Gasteiger partial charge in [-0.1, -0.05) is 55.1 Å². The van der Waals surface area contributed by atoms with Crippen LogP contribution in [-0.4, -0.2) is 12.9 Å². The number of carbonyl (C=O) groups is 1. The smallest absolute Gasteiger partial charge is 0.198 e. The van der Waals surface area contributed by atoms with Gasteiger partial charge >= 0.3 is 0 Å². The zero-order valence-electron chi connectivity index (χ0n) is 13.8. The maximum absolute atomic E-state index is 13.2. The first-order valence-corrected chi connectivity index (χ1v) is 7.98. The predicted octanol–water partition coefficient (Wildman–Crippen LogP) is 3.24. The molecule has 122 valence electrons. The zero-order valence-corrected chi connectivity index (χ0v) is 13.8. The second-order valence-electron chi connectivity index (χ2n) is 5.80. The molecule has 1 aliphatic carbocycles. The Morgan fingerprint density at radius 1 is 0.840 bits per heavy atom. The molecule has 0 spiro atoms. The Bertz CT molecular complexity index is 1080. The third-order valence-corrected chi connectivity index (χ3v) is 4.30. The molecule has 0 aromatic heterocycles. The summed E-state index contributed by atoms with van der Waals surface area (Å²) in [6.45, 7) is 4.08. The quantitative estimate of drug-likeness (QED) is 0.740. The summed E-state index contributed by atoms with van der Waals surface area (Å²) in [5, 5.41) is 1.43. The SMILES string of the molecule is C=c1ccc(Oc2ccccc2)c2c1=C(OC)c1ccccc1C2=O. The highest BCUT2D eigenvalue weighted by Gasteiger charge is 2.28. The van der Waals surface area contributed by atoms with Crippen molar-refractivity contribution in [3.05, 3.63) is 93.9 Å². The van der Waals surface area contributed by atoms with Crippen LogP contribution in [0.15, 0.2) is 66.7 Å². The van der Waals surface area contributed by atoms with Gasteiger partial charge in [0, 0.05) is 16.3 Å². The number of hydrogen-bond acceptors (Lipinski definition) is 3. The normalized spacial score (nSPS) is 12.4. The number of fused-ring (bicyclic) bond motifs is 2. The molecule has 25 heavy (non-hydrogen) atoms. The van der Waals surface area contributed by atoms with E-state index in [-0.39, 0.29) is 5.78 Å². The number of para-hydroxylation sites is 1. The Labute approximate surface area is 145 Å². The Balaban J connectivity index is 2.04. The zero-order chi connectivity index (χ0) is 17.4. The molecular weight excluding hydrogens is 312 g/mol. The van der Waals surface area contributed by atoms with Crippen LogP contribution in [0.2, 0.25) is 0 Å². The van der Waals surface area contributed by atoms with E-state index in [0.29, 0.717) is 33.6 Å². The molecule has 0 heterocycles. The van der Waals surface area contributed by atoms with Gasteiger partial charge in [-0.15, -0.1) is 0 Å². The van der Waals surface area contributed by atoms with Crippen molar-refractivity contribution in [2.45, 2.75) is 0 Å². The molecule has 0 fully saturated rings. The van der Waals surface area contributed by atoms with Crippen LogP contribution in [-0.2, 0) is 4.74 Å². The summed E-state index contributed by atoms with van der Waals surface area (Å²) >= 11 is 0. The highest BCUT2D eigenvalue weighted by Crippen LogP contribution is 2.30. The fourth-order valence-electron chi connectivity index (χ4n) is 3.17. The van der Waals surface area contributed by atoms with Crippen molar-refractivity contribution in [1.82, 2.24) is 0 Å². The third-order valence-electron chi connectivity index (χ3n) is 4.30. The summed E-state index contributed by atoms with van der Waals surface area (Å²) in [5.74, 6) is 1.74. The molecule has 3 aromatic rings. The van der Waals surface area contributed by atoms with Gasteiger partial charge in [0.15, 0.2) is 5.78 Å². The van der Waals surface area contributed by atoms with Crippen LogP contribution in [0.25, 0.3) is 12.3 Å². The van der Waals surface area contributed by atoms with Gasteiger partial charge in [0.05, 0.1) is 12.7 Å². The lowest BCUT2D eigenvalue weighted by Crippen LogP contribution is -2.37. The molecular formula is C22H16O3. The van der Waals surface area contributed by atoms with Gasteiger partial charge in [0.1, 0.15) is 17.3 Å². The van der Waals surface area contributed by atoms with Gasteiger partial charge < -0.3 is 9.47 Å². The van der Waals surface area contributed by atoms with E-state index in [1.807, 2.05) is 60.7 Å². The number of ketones is 1. The van der Waals surface area contributed by atoms with Gasteiger partial charge in [-0.2, -0.15) is 0 Å². The maximum atomic E-state index is 13.2. The summed E-state index contributed by atoms with van der Waals surface area (Å²) in [4.78, 5) is 13.2. The minimum Gasteiger partial charge on any atom is -0.495 e. The summed E-state index contributed by atoms with van der Waals surface area (Å²) < 4.78 is 11.6. The van der Waals surface area contributed by atoms with Crippen LogP contribution in [0.3, 0.4) is 0 Å². The number of hydrogen-bond donors (Lipinski definition) is 0. The molecule has 0 atom stereocenters. The first-order valence-electron chi connectivity index (χ1n) is 7.98. The fourth-order valence-corrected chi connectivity index (χ4v) is 3.17. The Kier molecular flexibility index (Phi) is 3.62. The van der Waals surface area contributed by atoms with Gasteiger partial charge in [0.25, 0.3) is 0 Å². The number of methoxy groups -OCH3 is 1. The molecule has 0 unspecified atom stereocenters. The van der Waals surface area contributed by atoms with Crippen LogP contribution in [0.4, 0.5) is 0 Å².